The van der Waals surface area contributed by atoms with Crippen LogP contribution >= 0.6 is 0 Å². The first-order valence-electron chi connectivity index (χ1n) is 11.4. The van der Waals surface area contributed by atoms with Gasteiger partial charge in [-0.1, -0.05) is 61.5 Å². The van der Waals surface area contributed by atoms with Gasteiger partial charge in [-0.15, -0.1) is 0 Å². The second-order valence-electron chi connectivity index (χ2n) is 8.53. The summed E-state index contributed by atoms with van der Waals surface area (Å²) in [7, 11) is 1.91. The number of hydrogen-bond donors (Lipinski definition) is 2. The zero-order valence-corrected chi connectivity index (χ0v) is 19.7. The van der Waals surface area contributed by atoms with E-state index in [1.54, 1.807) is 10.7 Å². The Morgan fingerprint density at radius 3 is 2.57 bits per heavy atom. The first kappa shape index (κ1) is 22.4. The van der Waals surface area contributed by atoms with Gasteiger partial charge < -0.3 is 11.5 Å². The second kappa shape index (κ2) is 9.47. The standard InChI is InChI=1S/C26H27N9/c1-17(11-18-7-6-8-19(12-18)14-27)21-15-29-25(28)33-24(21)34(2)26-32-22(20-9-4-3-5-10-20)13-23-30-16-31-35(23)26/h3-10,12-13,15-17H,11,14,27H2,1-2H3,(H2,28,29,33). The number of benzene rings is 2. The molecule has 35 heavy (non-hydrogen) atoms. The van der Waals surface area contributed by atoms with Crippen molar-refractivity contribution in [1.29, 1.82) is 0 Å². The van der Waals surface area contributed by atoms with Gasteiger partial charge in [-0.3, -0.25) is 4.90 Å². The average molecular weight is 466 g/mol. The van der Waals surface area contributed by atoms with Crippen LogP contribution in [0.25, 0.3) is 16.9 Å². The predicted molar refractivity (Wildman–Crippen MR) is 137 cm³/mol. The van der Waals surface area contributed by atoms with Gasteiger partial charge in [0.2, 0.25) is 11.9 Å². The third-order valence-electron chi connectivity index (χ3n) is 6.05. The molecule has 0 saturated carbocycles. The molecule has 176 valence electrons. The van der Waals surface area contributed by atoms with Crippen LogP contribution in [0, 0.1) is 0 Å². The molecule has 4 N–H and O–H groups in total. The number of nitrogen functional groups attached to an aromatic ring is 1. The van der Waals surface area contributed by atoms with Gasteiger partial charge in [0.05, 0.1) is 5.69 Å². The highest BCUT2D eigenvalue weighted by Crippen LogP contribution is 2.32. The van der Waals surface area contributed by atoms with Crippen LogP contribution in [0.4, 0.5) is 17.7 Å². The van der Waals surface area contributed by atoms with Crippen molar-refractivity contribution in [3.8, 4) is 11.3 Å². The molecular weight excluding hydrogens is 438 g/mol. The Kier molecular flexibility index (Phi) is 6.07. The van der Waals surface area contributed by atoms with Gasteiger partial charge in [0.25, 0.3) is 0 Å². The fraction of sp³-hybridized carbons (Fsp3) is 0.192. The Balaban J connectivity index is 1.56. The van der Waals surface area contributed by atoms with E-state index in [0.717, 1.165) is 28.8 Å². The van der Waals surface area contributed by atoms with Crippen molar-refractivity contribution >= 4 is 23.4 Å². The van der Waals surface area contributed by atoms with E-state index in [-0.39, 0.29) is 11.9 Å². The lowest BCUT2D eigenvalue weighted by molar-refractivity contribution is 0.743. The van der Waals surface area contributed by atoms with E-state index in [1.807, 2.05) is 60.5 Å². The minimum atomic E-state index is 0.115. The quantitative estimate of drug-likeness (QED) is 0.372. The molecule has 0 radical (unpaired) electrons. The fourth-order valence-corrected chi connectivity index (χ4v) is 4.24. The number of anilines is 3. The molecule has 0 bridgehead atoms. The molecule has 0 aliphatic heterocycles. The van der Waals surface area contributed by atoms with E-state index in [9.17, 15) is 0 Å². The van der Waals surface area contributed by atoms with E-state index < -0.39 is 0 Å². The van der Waals surface area contributed by atoms with Crippen LogP contribution in [0.1, 0.15) is 29.5 Å². The van der Waals surface area contributed by atoms with Crippen molar-refractivity contribution in [1.82, 2.24) is 29.5 Å². The van der Waals surface area contributed by atoms with Crippen LogP contribution in [0.2, 0.25) is 0 Å². The minimum Gasteiger partial charge on any atom is -0.368 e. The Morgan fingerprint density at radius 1 is 0.971 bits per heavy atom. The molecule has 3 aromatic heterocycles. The number of nitrogens with two attached hydrogens (primary N) is 2. The van der Waals surface area contributed by atoms with Crippen molar-refractivity contribution < 1.29 is 0 Å². The van der Waals surface area contributed by atoms with Crippen molar-refractivity contribution in [3.63, 3.8) is 0 Å². The van der Waals surface area contributed by atoms with Gasteiger partial charge >= 0.3 is 0 Å². The molecule has 0 aliphatic carbocycles. The Hall–Kier alpha value is -4.37. The molecule has 0 spiro atoms. The number of aromatic nitrogens is 6. The van der Waals surface area contributed by atoms with E-state index in [2.05, 4.69) is 39.1 Å². The number of rotatable bonds is 7. The molecule has 0 fully saturated rings. The monoisotopic (exact) mass is 465 g/mol. The lowest BCUT2D eigenvalue weighted by Gasteiger charge is -2.24. The first-order valence-corrected chi connectivity index (χ1v) is 11.4. The van der Waals surface area contributed by atoms with Crippen LogP contribution in [0.3, 0.4) is 0 Å². The van der Waals surface area contributed by atoms with E-state index in [4.69, 9.17) is 16.5 Å². The van der Waals surface area contributed by atoms with Gasteiger partial charge in [-0.25, -0.2) is 15.0 Å². The van der Waals surface area contributed by atoms with Crippen LogP contribution in [-0.2, 0) is 13.0 Å². The summed E-state index contributed by atoms with van der Waals surface area (Å²) in [5.41, 5.74) is 17.6. The topological polar surface area (TPSA) is 124 Å². The maximum atomic E-state index is 6.03. The second-order valence-corrected chi connectivity index (χ2v) is 8.53. The third kappa shape index (κ3) is 4.53. The normalized spacial score (nSPS) is 12.1. The molecule has 1 unspecified atom stereocenters. The number of hydrogen-bond acceptors (Lipinski definition) is 8. The smallest absolute Gasteiger partial charge is 0.234 e. The number of nitrogens with zero attached hydrogens (tertiary/aromatic N) is 7. The highest BCUT2D eigenvalue weighted by molar-refractivity contribution is 5.68. The van der Waals surface area contributed by atoms with Gasteiger partial charge in [-0.2, -0.15) is 14.6 Å². The maximum Gasteiger partial charge on any atom is 0.234 e. The zero-order chi connectivity index (χ0) is 24.4. The van der Waals surface area contributed by atoms with Crippen LogP contribution < -0.4 is 16.4 Å². The summed E-state index contributed by atoms with van der Waals surface area (Å²) < 4.78 is 1.70. The van der Waals surface area contributed by atoms with Crippen LogP contribution in [-0.4, -0.2) is 36.6 Å². The number of fused-ring (bicyclic) bond motifs is 1. The molecule has 3 heterocycles. The van der Waals surface area contributed by atoms with Crippen molar-refractivity contribution in [2.75, 3.05) is 17.7 Å². The summed E-state index contributed by atoms with van der Waals surface area (Å²) >= 11 is 0. The lowest BCUT2D eigenvalue weighted by Crippen LogP contribution is -2.21. The molecule has 5 aromatic rings. The molecule has 9 heteroatoms. The molecule has 0 saturated heterocycles. The molecule has 5 rings (SSSR count). The highest BCUT2D eigenvalue weighted by Gasteiger charge is 2.22. The van der Waals surface area contributed by atoms with Gasteiger partial charge in [0.1, 0.15) is 12.1 Å². The van der Waals surface area contributed by atoms with E-state index in [0.29, 0.717) is 24.0 Å². The molecule has 2 aromatic carbocycles. The SMILES string of the molecule is CC(Cc1cccc(CN)c1)c1cnc(N)nc1N(C)c1nc(-c2ccccc2)cc2ncnn12. The average Bonchev–Trinajstić information content (AvgIpc) is 3.37. The molecule has 9 nitrogen and oxygen atoms in total. The molecule has 1 atom stereocenters. The Morgan fingerprint density at radius 2 is 1.77 bits per heavy atom. The molecule has 0 aliphatic rings. The largest absolute Gasteiger partial charge is 0.368 e. The Labute approximate surface area is 203 Å². The summed E-state index contributed by atoms with van der Waals surface area (Å²) in [6, 6.07) is 20.2. The van der Waals surface area contributed by atoms with E-state index >= 15 is 0 Å². The predicted octanol–water partition coefficient (Wildman–Crippen LogP) is 3.74. The molecule has 0 amide bonds. The fourth-order valence-electron chi connectivity index (χ4n) is 4.24. The van der Waals surface area contributed by atoms with Crippen LogP contribution in [0.15, 0.2) is 73.2 Å². The van der Waals surface area contributed by atoms with Crippen molar-refractivity contribution in [2.45, 2.75) is 25.8 Å². The van der Waals surface area contributed by atoms with E-state index in [1.165, 1.54) is 11.9 Å². The summed E-state index contributed by atoms with van der Waals surface area (Å²) in [5, 5.41) is 4.40. The highest BCUT2D eigenvalue weighted by atomic mass is 15.4. The van der Waals surface area contributed by atoms with Gasteiger partial charge in [-0.05, 0) is 23.5 Å². The van der Waals surface area contributed by atoms with Gasteiger partial charge in [0, 0.05) is 37.0 Å². The van der Waals surface area contributed by atoms with Gasteiger partial charge in [0.15, 0.2) is 5.65 Å². The van der Waals surface area contributed by atoms with Crippen molar-refractivity contribution in [3.05, 3.63) is 89.9 Å². The summed E-state index contributed by atoms with van der Waals surface area (Å²) in [6.07, 6.45) is 4.12. The third-order valence-corrected chi connectivity index (χ3v) is 6.05. The summed E-state index contributed by atoms with van der Waals surface area (Å²) in [4.78, 5) is 20.1. The Bertz CT molecular complexity index is 1460. The summed E-state index contributed by atoms with van der Waals surface area (Å²) in [6.45, 7) is 2.67. The maximum absolute atomic E-state index is 6.03. The zero-order valence-electron chi connectivity index (χ0n) is 19.7. The molecular formula is C26H27N9. The minimum absolute atomic E-state index is 0.115. The van der Waals surface area contributed by atoms with Crippen LogP contribution in [0.5, 0.6) is 0 Å². The lowest BCUT2D eigenvalue weighted by atomic mass is 9.94. The summed E-state index contributed by atoms with van der Waals surface area (Å²) in [5.74, 6) is 1.57. The first-order chi connectivity index (χ1) is 17.0. The van der Waals surface area contributed by atoms with Crippen molar-refractivity contribution in [2.24, 2.45) is 5.73 Å².